The van der Waals surface area contributed by atoms with Gasteiger partial charge in [0, 0.05) is 17.1 Å². The first kappa shape index (κ1) is 14.8. The lowest BCUT2D eigenvalue weighted by molar-refractivity contribution is 0.257. The number of nitrogens with zero attached hydrogens (tertiary/aromatic N) is 1. The molecule has 1 nitrogen and oxygen atoms in total. The normalized spacial score (nSPS) is 15.9. The van der Waals surface area contributed by atoms with E-state index in [-0.39, 0.29) is 0 Å². The van der Waals surface area contributed by atoms with Gasteiger partial charge in [-0.2, -0.15) is 11.8 Å². The molecule has 0 saturated carbocycles. The van der Waals surface area contributed by atoms with Crippen LogP contribution in [0.25, 0.3) is 0 Å². The van der Waals surface area contributed by atoms with Gasteiger partial charge in [0.1, 0.15) is 0 Å². The van der Waals surface area contributed by atoms with Gasteiger partial charge in [0.15, 0.2) is 0 Å². The Morgan fingerprint density at radius 3 is 2.43 bits per heavy atom. The van der Waals surface area contributed by atoms with Crippen LogP contribution in [0.2, 0.25) is 0 Å². The van der Waals surface area contributed by atoms with Crippen molar-refractivity contribution in [2.75, 3.05) is 30.9 Å². The first-order valence-corrected chi connectivity index (χ1v) is 7.88. The van der Waals surface area contributed by atoms with Gasteiger partial charge in [0.05, 0.1) is 0 Å². The second kappa shape index (κ2) is 9.05. The van der Waals surface area contributed by atoms with Crippen LogP contribution in [-0.4, -0.2) is 41.9 Å². The van der Waals surface area contributed by atoms with E-state index in [0.29, 0.717) is 6.04 Å². The molecule has 0 aromatic carbocycles. The van der Waals surface area contributed by atoms with Crippen LogP contribution in [0.15, 0.2) is 0 Å². The zero-order chi connectivity index (χ0) is 11.0. The Hall–Kier alpha value is 0.790. The Bertz CT molecular complexity index is 132. The third kappa shape index (κ3) is 7.13. The molecule has 0 fully saturated rings. The van der Waals surface area contributed by atoms with Crippen molar-refractivity contribution in [1.29, 1.82) is 0 Å². The van der Waals surface area contributed by atoms with E-state index in [1.807, 2.05) is 11.8 Å². The van der Waals surface area contributed by atoms with E-state index in [1.54, 1.807) is 0 Å². The molecule has 0 aliphatic carbocycles. The number of hydrogen-bond donors (Lipinski definition) is 0. The standard InChI is InChI=1S/C11H24BrNS/c1-10(5-7-12)6-8-13(3)11(2)9-14-4/h10-11H,5-9H2,1-4H3. The maximum atomic E-state index is 3.49. The zero-order valence-electron chi connectivity index (χ0n) is 9.92. The van der Waals surface area contributed by atoms with Crippen molar-refractivity contribution in [3.8, 4) is 0 Å². The fraction of sp³-hybridized carbons (Fsp3) is 1.00. The molecule has 0 bridgehead atoms. The van der Waals surface area contributed by atoms with Gasteiger partial charge >= 0.3 is 0 Å². The van der Waals surface area contributed by atoms with Crippen molar-refractivity contribution >= 4 is 27.7 Å². The topological polar surface area (TPSA) is 3.24 Å². The molecular weight excluding hydrogens is 258 g/mol. The highest BCUT2D eigenvalue weighted by molar-refractivity contribution is 9.09. The summed E-state index contributed by atoms with van der Waals surface area (Å²) >= 11 is 5.43. The van der Waals surface area contributed by atoms with E-state index in [1.165, 1.54) is 25.1 Å². The van der Waals surface area contributed by atoms with E-state index >= 15 is 0 Å². The third-order valence-electron chi connectivity index (χ3n) is 2.74. The summed E-state index contributed by atoms with van der Waals surface area (Å²) in [5, 5.41) is 1.14. The third-order valence-corrected chi connectivity index (χ3v) is 4.01. The highest BCUT2D eigenvalue weighted by Crippen LogP contribution is 2.11. The molecule has 2 unspecified atom stereocenters. The summed E-state index contributed by atoms with van der Waals surface area (Å²) in [6.45, 7) is 5.88. The largest absolute Gasteiger partial charge is 0.303 e. The van der Waals surface area contributed by atoms with Gasteiger partial charge < -0.3 is 4.90 Å². The molecule has 14 heavy (non-hydrogen) atoms. The Labute approximate surface area is 102 Å². The lowest BCUT2D eigenvalue weighted by Crippen LogP contribution is -2.32. The molecular formula is C11H24BrNS. The van der Waals surface area contributed by atoms with Crippen LogP contribution in [0.5, 0.6) is 0 Å². The molecule has 0 heterocycles. The van der Waals surface area contributed by atoms with E-state index in [4.69, 9.17) is 0 Å². The van der Waals surface area contributed by atoms with Crippen molar-refractivity contribution in [2.45, 2.75) is 32.7 Å². The lowest BCUT2D eigenvalue weighted by Gasteiger charge is -2.25. The SMILES string of the molecule is CSCC(C)N(C)CCC(C)CCBr. The Morgan fingerprint density at radius 2 is 1.93 bits per heavy atom. The molecule has 3 heteroatoms. The van der Waals surface area contributed by atoms with Gasteiger partial charge in [-0.1, -0.05) is 22.9 Å². The number of halogens is 1. The van der Waals surface area contributed by atoms with E-state index in [2.05, 4.69) is 48.0 Å². The summed E-state index contributed by atoms with van der Waals surface area (Å²) < 4.78 is 0. The van der Waals surface area contributed by atoms with E-state index in [9.17, 15) is 0 Å². The van der Waals surface area contributed by atoms with E-state index < -0.39 is 0 Å². The molecule has 0 aliphatic heterocycles. The second-order valence-corrected chi connectivity index (χ2v) is 5.86. The highest BCUT2D eigenvalue weighted by atomic mass is 79.9. The number of rotatable bonds is 8. The summed E-state index contributed by atoms with van der Waals surface area (Å²) in [5.74, 6) is 2.09. The fourth-order valence-corrected chi connectivity index (χ4v) is 2.86. The van der Waals surface area contributed by atoms with Crippen LogP contribution in [0.3, 0.4) is 0 Å². The smallest absolute Gasteiger partial charge is 0.0154 e. The molecule has 2 atom stereocenters. The van der Waals surface area contributed by atoms with Crippen LogP contribution in [0.4, 0.5) is 0 Å². The molecule has 0 aromatic heterocycles. The quantitative estimate of drug-likeness (QED) is 0.627. The average molecular weight is 282 g/mol. The van der Waals surface area contributed by atoms with Gasteiger partial charge in [-0.05, 0) is 45.5 Å². The lowest BCUT2D eigenvalue weighted by atomic mass is 10.1. The number of thioether (sulfide) groups is 1. The summed E-state index contributed by atoms with van der Waals surface area (Å²) in [6.07, 6.45) is 4.80. The highest BCUT2D eigenvalue weighted by Gasteiger charge is 2.09. The molecule has 0 saturated heterocycles. The van der Waals surface area contributed by atoms with Gasteiger partial charge in [-0.3, -0.25) is 0 Å². The summed E-state index contributed by atoms with van der Waals surface area (Å²) in [6, 6.07) is 0.709. The first-order chi connectivity index (χ1) is 6.61. The van der Waals surface area contributed by atoms with E-state index in [0.717, 1.165) is 11.2 Å². The average Bonchev–Trinajstić information content (AvgIpc) is 2.15. The van der Waals surface area contributed by atoms with Crippen molar-refractivity contribution in [2.24, 2.45) is 5.92 Å². The van der Waals surface area contributed by atoms with Crippen LogP contribution >= 0.6 is 27.7 Å². The van der Waals surface area contributed by atoms with Gasteiger partial charge in [-0.15, -0.1) is 0 Å². The molecule has 0 spiro atoms. The van der Waals surface area contributed by atoms with Crippen molar-refractivity contribution in [3.63, 3.8) is 0 Å². The molecule has 0 aliphatic rings. The van der Waals surface area contributed by atoms with Crippen LogP contribution in [-0.2, 0) is 0 Å². The molecule has 0 amide bonds. The Morgan fingerprint density at radius 1 is 1.29 bits per heavy atom. The predicted molar refractivity (Wildman–Crippen MR) is 72.7 cm³/mol. The van der Waals surface area contributed by atoms with Gasteiger partial charge in [-0.25, -0.2) is 0 Å². The molecule has 0 aromatic rings. The van der Waals surface area contributed by atoms with Crippen LogP contribution < -0.4 is 0 Å². The number of hydrogen-bond acceptors (Lipinski definition) is 2. The van der Waals surface area contributed by atoms with Crippen molar-refractivity contribution < 1.29 is 0 Å². The Kier molecular flexibility index (Phi) is 9.56. The predicted octanol–water partition coefficient (Wildman–Crippen LogP) is 3.48. The summed E-state index contributed by atoms with van der Waals surface area (Å²) in [5.41, 5.74) is 0. The minimum absolute atomic E-state index is 0.709. The molecule has 86 valence electrons. The number of alkyl halides is 1. The maximum Gasteiger partial charge on any atom is 0.0154 e. The molecule has 0 rings (SSSR count). The minimum Gasteiger partial charge on any atom is -0.303 e. The Balaban J connectivity index is 3.56. The minimum atomic E-state index is 0.709. The summed E-state index contributed by atoms with van der Waals surface area (Å²) in [7, 11) is 2.24. The monoisotopic (exact) mass is 281 g/mol. The maximum absolute atomic E-state index is 3.49. The summed E-state index contributed by atoms with van der Waals surface area (Å²) in [4.78, 5) is 2.47. The first-order valence-electron chi connectivity index (χ1n) is 5.37. The van der Waals surface area contributed by atoms with Crippen molar-refractivity contribution in [1.82, 2.24) is 4.90 Å². The fourth-order valence-electron chi connectivity index (χ4n) is 1.34. The molecule has 0 radical (unpaired) electrons. The van der Waals surface area contributed by atoms with Crippen LogP contribution in [0.1, 0.15) is 26.7 Å². The second-order valence-electron chi connectivity index (χ2n) is 4.16. The molecule has 0 N–H and O–H groups in total. The zero-order valence-corrected chi connectivity index (χ0v) is 12.3. The van der Waals surface area contributed by atoms with Crippen molar-refractivity contribution in [3.05, 3.63) is 0 Å². The van der Waals surface area contributed by atoms with Gasteiger partial charge in [0.25, 0.3) is 0 Å². The van der Waals surface area contributed by atoms with Gasteiger partial charge in [0.2, 0.25) is 0 Å². The van der Waals surface area contributed by atoms with Crippen LogP contribution in [0, 0.1) is 5.92 Å².